The zero-order valence-corrected chi connectivity index (χ0v) is 9.79. The van der Waals surface area contributed by atoms with Gasteiger partial charge in [-0.25, -0.2) is 4.39 Å². The number of hydrogen-bond donors (Lipinski definition) is 1. The first-order valence-electron chi connectivity index (χ1n) is 5.22. The minimum atomic E-state index is -0.517. The Kier molecular flexibility index (Phi) is 4.57. The molecule has 0 atom stereocenters. The van der Waals surface area contributed by atoms with Crippen LogP contribution >= 0.6 is 0 Å². The molecule has 90 valence electrons. The number of carbonyl (C=O) groups excluding carboxylic acids is 2. The minimum Gasteiger partial charge on any atom is -0.353 e. The van der Waals surface area contributed by atoms with Crippen molar-refractivity contribution in [3.63, 3.8) is 0 Å². The molecule has 0 aliphatic heterocycles. The maximum atomic E-state index is 13.2. The van der Waals surface area contributed by atoms with E-state index in [1.807, 2.05) is 0 Å². The second-order valence-corrected chi connectivity index (χ2v) is 3.63. The molecule has 17 heavy (non-hydrogen) atoms. The van der Waals surface area contributed by atoms with E-state index in [4.69, 9.17) is 0 Å². The van der Waals surface area contributed by atoms with Crippen molar-refractivity contribution in [2.24, 2.45) is 0 Å². The highest BCUT2D eigenvalue weighted by molar-refractivity contribution is 5.94. The number of amides is 1. The average molecular weight is 235 g/mol. The molecule has 1 rings (SSSR count). The SMILES string of the molecule is CC(=O)NCC=Cc1ccc(F)c(C(C)=O)c1. The van der Waals surface area contributed by atoms with Crippen LogP contribution in [0.3, 0.4) is 0 Å². The van der Waals surface area contributed by atoms with Crippen LogP contribution in [0, 0.1) is 5.82 Å². The molecule has 0 radical (unpaired) electrons. The molecule has 0 saturated heterocycles. The number of hydrogen-bond acceptors (Lipinski definition) is 2. The van der Waals surface area contributed by atoms with Gasteiger partial charge in [-0.2, -0.15) is 0 Å². The van der Waals surface area contributed by atoms with E-state index in [0.717, 1.165) is 5.56 Å². The third-order valence-corrected chi connectivity index (χ3v) is 2.15. The lowest BCUT2D eigenvalue weighted by Crippen LogP contribution is -2.19. The van der Waals surface area contributed by atoms with E-state index < -0.39 is 5.82 Å². The molecule has 1 aromatic carbocycles. The Labute approximate surface area is 99.3 Å². The largest absolute Gasteiger partial charge is 0.353 e. The highest BCUT2D eigenvalue weighted by atomic mass is 19.1. The minimum absolute atomic E-state index is 0.0756. The molecule has 1 amide bonds. The summed E-state index contributed by atoms with van der Waals surface area (Å²) in [7, 11) is 0. The average Bonchev–Trinajstić information content (AvgIpc) is 2.25. The highest BCUT2D eigenvalue weighted by Crippen LogP contribution is 2.12. The zero-order valence-electron chi connectivity index (χ0n) is 9.79. The Morgan fingerprint density at radius 1 is 1.35 bits per heavy atom. The first kappa shape index (κ1) is 13.1. The summed E-state index contributed by atoms with van der Waals surface area (Å²) in [6.07, 6.45) is 3.46. The molecule has 3 nitrogen and oxygen atoms in total. The van der Waals surface area contributed by atoms with Crippen molar-refractivity contribution < 1.29 is 14.0 Å². The monoisotopic (exact) mass is 235 g/mol. The number of nitrogens with one attached hydrogen (secondary N) is 1. The van der Waals surface area contributed by atoms with Crippen LogP contribution in [-0.4, -0.2) is 18.2 Å². The summed E-state index contributed by atoms with van der Waals surface area (Å²) in [4.78, 5) is 21.7. The van der Waals surface area contributed by atoms with Crippen molar-refractivity contribution in [1.29, 1.82) is 0 Å². The normalized spacial score (nSPS) is 10.5. The van der Waals surface area contributed by atoms with Crippen LogP contribution in [0.5, 0.6) is 0 Å². The molecule has 0 bridgehead atoms. The molecule has 0 heterocycles. The second kappa shape index (κ2) is 5.94. The maximum Gasteiger partial charge on any atom is 0.217 e. The summed E-state index contributed by atoms with van der Waals surface area (Å²) in [6, 6.07) is 4.32. The van der Waals surface area contributed by atoms with Gasteiger partial charge in [-0.3, -0.25) is 9.59 Å². The zero-order chi connectivity index (χ0) is 12.8. The summed E-state index contributed by atoms with van der Waals surface area (Å²) >= 11 is 0. The van der Waals surface area contributed by atoms with Crippen LogP contribution in [-0.2, 0) is 4.79 Å². The molecule has 0 fully saturated rings. The van der Waals surface area contributed by atoms with Crippen LogP contribution in [0.25, 0.3) is 6.08 Å². The van der Waals surface area contributed by atoms with Gasteiger partial charge in [0.15, 0.2) is 5.78 Å². The lowest BCUT2D eigenvalue weighted by atomic mass is 10.1. The quantitative estimate of drug-likeness (QED) is 0.813. The second-order valence-electron chi connectivity index (χ2n) is 3.63. The molecule has 1 N–H and O–H groups in total. The van der Waals surface area contributed by atoms with Gasteiger partial charge in [-0.05, 0) is 24.6 Å². The Bertz CT molecular complexity index is 466. The van der Waals surface area contributed by atoms with Crippen LogP contribution < -0.4 is 5.32 Å². The molecule has 0 aromatic heterocycles. The standard InChI is InChI=1S/C13H14FNO2/c1-9(16)12-8-11(5-6-13(12)14)4-3-7-15-10(2)17/h3-6,8H,7H2,1-2H3,(H,15,17). The van der Waals surface area contributed by atoms with Crippen LogP contribution in [0.1, 0.15) is 29.8 Å². The van der Waals surface area contributed by atoms with Gasteiger partial charge >= 0.3 is 0 Å². The van der Waals surface area contributed by atoms with Gasteiger partial charge in [0.05, 0.1) is 5.56 Å². The van der Waals surface area contributed by atoms with Crippen molar-refractivity contribution >= 4 is 17.8 Å². The Hall–Kier alpha value is -1.97. The Morgan fingerprint density at radius 2 is 2.06 bits per heavy atom. The molecule has 0 unspecified atom stereocenters. The maximum absolute atomic E-state index is 13.2. The summed E-state index contributed by atoms with van der Waals surface area (Å²) in [5.74, 6) is -0.936. The van der Waals surface area contributed by atoms with Crippen LogP contribution in [0.2, 0.25) is 0 Å². The molecular weight excluding hydrogens is 221 g/mol. The smallest absolute Gasteiger partial charge is 0.217 e. The lowest BCUT2D eigenvalue weighted by molar-refractivity contribution is -0.118. The number of Topliss-reactive ketones (excluding diaryl/α,β-unsaturated/α-hetero) is 1. The third kappa shape index (κ3) is 4.18. The van der Waals surface area contributed by atoms with Crippen molar-refractivity contribution in [1.82, 2.24) is 5.32 Å². The van der Waals surface area contributed by atoms with E-state index in [-0.39, 0.29) is 17.3 Å². The summed E-state index contributed by atoms with van der Waals surface area (Å²) in [5.41, 5.74) is 0.800. The first-order chi connectivity index (χ1) is 8.00. The predicted octanol–water partition coefficient (Wildman–Crippen LogP) is 2.18. The molecule has 1 aromatic rings. The topological polar surface area (TPSA) is 46.2 Å². The molecular formula is C13H14FNO2. The lowest BCUT2D eigenvalue weighted by Gasteiger charge is -2.00. The number of carbonyl (C=O) groups is 2. The van der Waals surface area contributed by atoms with Gasteiger partial charge in [-0.1, -0.05) is 18.2 Å². The number of rotatable bonds is 4. The fraction of sp³-hybridized carbons (Fsp3) is 0.231. The van der Waals surface area contributed by atoms with E-state index in [9.17, 15) is 14.0 Å². The highest BCUT2D eigenvalue weighted by Gasteiger charge is 2.06. The van der Waals surface area contributed by atoms with E-state index >= 15 is 0 Å². The van der Waals surface area contributed by atoms with Crippen molar-refractivity contribution in [3.8, 4) is 0 Å². The fourth-order valence-corrected chi connectivity index (χ4v) is 1.31. The third-order valence-electron chi connectivity index (χ3n) is 2.15. The molecule has 0 aliphatic carbocycles. The molecule has 0 aliphatic rings. The first-order valence-corrected chi connectivity index (χ1v) is 5.22. The predicted molar refractivity (Wildman–Crippen MR) is 64.1 cm³/mol. The molecule has 0 spiro atoms. The van der Waals surface area contributed by atoms with Gasteiger partial charge in [0.2, 0.25) is 5.91 Å². The summed E-state index contributed by atoms with van der Waals surface area (Å²) in [5, 5.41) is 2.60. The Morgan fingerprint density at radius 3 is 2.65 bits per heavy atom. The number of benzene rings is 1. The summed E-state index contributed by atoms with van der Waals surface area (Å²) in [6.45, 7) is 3.16. The van der Waals surface area contributed by atoms with Crippen molar-refractivity contribution in [2.75, 3.05) is 6.54 Å². The van der Waals surface area contributed by atoms with E-state index in [1.54, 1.807) is 18.2 Å². The van der Waals surface area contributed by atoms with Crippen LogP contribution in [0.15, 0.2) is 24.3 Å². The van der Waals surface area contributed by atoms with Gasteiger partial charge in [0, 0.05) is 13.5 Å². The Balaban J connectivity index is 2.75. The van der Waals surface area contributed by atoms with E-state index in [1.165, 1.54) is 26.0 Å². The number of halogens is 1. The molecule has 0 saturated carbocycles. The number of ketones is 1. The van der Waals surface area contributed by atoms with Gasteiger partial charge in [-0.15, -0.1) is 0 Å². The van der Waals surface area contributed by atoms with E-state index in [2.05, 4.69) is 5.32 Å². The van der Waals surface area contributed by atoms with E-state index in [0.29, 0.717) is 6.54 Å². The fourth-order valence-electron chi connectivity index (χ4n) is 1.31. The van der Waals surface area contributed by atoms with Crippen molar-refractivity contribution in [3.05, 3.63) is 41.2 Å². The van der Waals surface area contributed by atoms with Gasteiger partial charge in [0.25, 0.3) is 0 Å². The van der Waals surface area contributed by atoms with Gasteiger partial charge in [0.1, 0.15) is 5.82 Å². The molecule has 4 heteroatoms. The summed E-state index contributed by atoms with van der Waals surface area (Å²) < 4.78 is 13.2. The van der Waals surface area contributed by atoms with Crippen molar-refractivity contribution in [2.45, 2.75) is 13.8 Å². The van der Waals surface area contributed by atoms with Gasteiger partial charge < -0.3 is 5.32 Å². The van der Waals surface area contributed by atoms with Crippen LogP contribution in [0.4, 0.5) is 4.39 Å².